The van der Waals surface area contributed by atoms with Crippen molar-refractivity contribution in [1.29, 1.82) is 0 Å². The Hall–Kier alpha value is -3.01. The molecule has 1 unspecified atom stereocenters. The fourth-order valence-electron chi connectivity index (χ4n) is 2.99. The molecule has 0 radical (unpaired) electrons. The Morgan fingerprint density at radius 2 is 2.15 bits per heavy atom. The number of nitrogens with zero attached hydrogens (tertiary/aromatic N) is 6. The van der Waals surface area contributed by atoms with Crippen LogP contribution < -0.4 is 10.9 Å². The molecule has 0 spiro atoms. The van der Waals surface area contributed by atoms with Crippen molar-refractivity contribution in [3.05, 3.63) is 52.7 Å². The highest BCUT2D eigenvalue weighted by molar-refractivity contribution is 7.99. The van der Waals surface area contributed by atoms with E-state index in [4.69, 9.17) is 0 Å². The predicted molar refractivity (Wildman–Crippen MR) is 100 cm³/mol. The monoisotopic (exact) mass is 383 g/mol. The third-order valence-electron chi connectivity index (χ3n) is 4.23. The number of thioether (sulfide) groups is 1. The maximum absolute atomic E-state index is 12.5. The van der Waals surface area contributed by atoms with Crippen LogP contribution in [0.15, 0.2) is 40.8 Å². The molecule has 0 fully saturated rings. The first-order valence-electron chi connectivity index (χ1n) is 8.36. The molecule has 1 N–H and O–H groups in total. The van der Waals surface area contributed by atoms with Crippen LogP contribution in [0.25, 0.3) is 5.82 Å². The van der Waals surface area contributed by atoms with Crippen LogP contribution >= 0.6 is 11.8 Å². The molecule has 4 rings (SSSR count). The average molecular weight is 383 g/mol. The van der Waals surface area contributed by atoms with E-state index in [1.165, 1.54) is 24.2 Å². The van der Waals surface area contributed by atoms with Gasteiger partial charge in [0.15, 0.2) is 5.16 Å². The van der Waals surface area contributed by atoms with Crippen LogP contribution in [0.4, 0.5) is 5.82 Å². The van der Waals surface area contributed by atoms with Crippen molar-refractivity contribution < 1.29 is 4.79 Å². The van der Waals surface area contributed by atoms with Gasteiger partial charge in [-0.2, -0.15) is 0 Å². The summed E-state index contributed by atoms with van der Waals surface area (Å²) in [7, 11) is 0. The van der Waals surface area contributed by atoms with Crippen LogP contribution in [0.2, 0.25) is 0 Å². The number of nitrogens with one attached hydrogen (secondary N) is 1. The standard InChI is InChI=1S/C17H17N7O2S/c1-10-5-16(26)24-12(8-27-17(24)21-10)6-15(25)22-13-7-14(20-9-19-13)23-4-3-18-11(23)2/h3-5,7,9,12H,6,8H2,1-2H3,(H,19,20,22,25). The fourth-order valence-corrected chi connectivity index (χ4v) is 4.18. The predicted octanol–water partition coefficient (Wildman–Crippen LogP) is 1.51. The maximum Gasteiger partial charge on any atom is 0.254 e. The zero-order valence-corrected chi connectivity index (χ0v) is 15.6. The van der Waals surface area contributed by atoms with E-state index in [2.05, 4.69) is 25.3 Å². The van der Waals surface area contributed by atoms with Gasteiger partial charge in [-0.1, -0.05) is 11.8 Å². The molecule has 0 aromatic carbocycles. The lowest BCUT2D eigenvalue weighted by Gasteiger charge is -2.13. The van der Waals surface area contributed by atoms with Crippen LogP contribution in [0, 0.1) is 13.8 Å². The summed E-state index contributed by atoms with van der Waals surface area (Å²) in [5, 5.41) is 3.45. The molecule has 1 amide bonds. The van der Waals surface area contributed by atoms with Crippen LogP contribution in [0.5, 0.6) is 0 Å². The van der Waals surface area contributed by atoms with Crippen molar-refractivity contribution in [1.82, 2.24) is 29.1 Å². The van der Waals surface area contributed by atoms with E-state index in [1.54, 1.807) is 34.5 Å². The highest BCUT2D eigenvalue weighted by atomic mass is 32.2. The maximum atomic E-state index is 12.5. The molecule has 0 saturated heterocycles. The van der Waals surface area contributed by atoms with E-state index in [0.717, 1.165) is 5.82 Å². The summed E-state index contributed by atoms with van der Waals surface area (Å²) in [6, 6.07) is 2.95. The molecule has 1 aliphatic rings. The zero-order valence-electron chi connectivity index (χ0n) is 14.8. The lowest BCUT2D eigenvalue weighted by atomic mass is 10.2. The zero-order chi connectivity index (χ0) is 19.0. The molecule has 1 aliphatic heterocycles. The minimum Gasteiger partial charge on any atom is -0.310 e. The minimum atomic E-state index is -0.220. The Balaban J connectivity index is 1.49. The summed E-state index contributed by atoms with van der Waals surface area (Å²) in [4.78, 5) is 41.6. The van der Waals surface area contributed by atoms with E-state index in [-0.39, 0.29) is 23.9 Å². The lowest BCUT2D eigenvalue weighted by molar-refractivity contribution is -0.116. The van der Waals surface area contributed by atoms with Crippen LogP contribution in [-0.4, -0.2) is 40.7 Å². The van der Waals surface area contributed by atoms with Crippen molar-refractivity contribution in [2.75, 3.05) is 11.1 Å². The molecule has 10 heteroatoms. The number of anilines is 1. The Morgan fingerprint density at radius 3 is 2.93 bits per heavy atom. The quantitative estimate of drug-likeness (QED) is 0.680. The van der Waals surface area contributed by atoms with Crippen LogP contribution in [-0.2, 0) is 4.79 Å². The molecule has 27 heavy (non-hydrogen) atoms. The van der Waals surface area contributed by atoms with E-state index in [0.29, 0.717) is 28.2 Å². The van der Waals surface area contributed by atoms with Crippen molar-refractivity contribution in [2.24, 2.45) is 0 Å². The smallest absolute Gasteiger partial charge is 0.254 e. The molecule has 0 saturated carbocycles. The van der Waals surface area contributed by atoms with Gasteiger partial charge >= 0.3 is 0 Å². The second kappa shape index (κ2) is 6.95. The first kappa shape index (κ1) is 17.4. The molecule has 3 aromatic heterocycles. The average Bonchev–Trinajstić information content (AvgIpc) is 3.21. The number of hydrogen-bond acceptors (Lipinski definition) is 7. The van der Waals surface area contributed by atoms with Gasteiger partial charge in [-0.25, -0.2) is 19.9 Å². The van der Waals surface area contributed by atoms with Gasteiger partial charge in [0.1, 0.15) is 23.8 Å². The van der Waals surface area contributed by atoms with E-state index in [9.17, 15) is 9.59 Å². The van der Waals surface area contributed by atoms with Gasteiger partial charge in [0.2, 0.25) is 5.91 Å². The number of aromatic nitrogens is 6. The van der Waals surface area contributed by atoms with Crippen LogP contribution in [0.3, 0.4) is 0 Å². The number of rotatable bonds is 4. The van der Waals surface area contributed by atoms with Crippen molar-refractivity contribution in [3.8, 4) is 5.82 Å². The third-order valence-corrected chi connectivity index (χ3v) is 5.33. The van der Waals surface area contributed by atoms with Gasteiger partial charge in [-0.15, -0.1) is 0 Å². The summed E-state index contributed by atoms with van der Waals surface area (Å²) < 4.78 is 3.40. The number of fused-ring (bicyclic) bond motifs is 1. The molecule has 138 valence electrons. The van der Waals surface area contributed by atoms with Gasteiger partial charge in [-0.05, 0) is 13.8 Å². The molecule has 0 aliphatic carbocycles. The van der Waals surface area contributed by atoms with Crippen molar-refractivity contribution >= 4 is 23.5 Å². The molecular formula is C17H17N7O2S. The first-order valence-corrected chi connectivity index (χ1v) is 9.35. The molecule has 9 nitrogen and oxygen atoms in total. The number of imidazole rings is 1. The largest absolute Gasteiger partial charge is 0.310 e. The molecular weight excluding hydrogens is 366 g/mol. The highest BCUT2D eigenvalue weighted by Gasteiger charge is 2.27. The second-order valence-corrected chi connectivity index (χ2v) is 7.20. The molecule has 0 bridgehead atoms. The number of hydrogen-bond donors (Lipinski definition) is 1. The third kappa shape index (κ3) is 3.47. The van der Waals surface area contributed by atoms with Gasteiger partial charge < -0.3 is 5.32 Å². The van der Waals surface area contributed by atoms with Gasteiger partial charge in [0, 0.05) is 42.4 Å². The number of amides is 1. The minimum absolute atomic E-state index is 0.125. The summed E-state index contributed by atoms with van der Waals surface area (Å²) in [6.07, 6.45) is 5.03. The first-order chi connectivity index (χ1) is 13.0. The Kier molecular flexibility index (Phi) is 4.48. The summed E-state index contributed by atoms with van der Waals surface area (Å²) >= 11 is 1.49. The van der Waals surface area contributed by atoms with E-state index in [1.807, 2.05) is 6.92 Å². The number of aryl methyl sites for hydroxylation is 2. The second-order valence-electron chi connectivity index (χ2n) is 6.21. The highest BCUT2D eigenvalue weighted by Crippen LogP contribution is 2.32. The molecule has 4 heterocycles. The molecule has 3 aromatic rings. The van der Waals surface area contributed by atoms with Crippen molar-refractivity contribution in [2.45, 2.75) is 31.5 Å². The van der Waals surface area contributed by atoms with E-state index >= 15 is 0 Å². The summed E-state index contributed by atoms with van der Waals surface area (Å²) in [5.74, 6) is 2.23. The van der Waals surface area contributed by atoms with Crippen LogP contribution in [0.1, 0.15) is 24.0 Å². The summed E-state index contributed by atoms with van der Waals surface area (Å²) in [6.45, 7) is 3.65. The summed E-state index contributed by atoms with van der Waals surface area (Å²) in [5.41, 5.74) is 0.562. The molecule has 1 atom stereocenters. The Bertz CT molecular complexity index is 1080. The van der Waals surface area contributed by atoms with Gasteiger partial charge in [-0.3, -0.25) is 18.7 Å². The topological polar surface area (TPSA) is 108 Å². The van der Waals surface area contributed by atoms with Gasteiger partial charge in [0.05, 0.1) is 6.04 Å². The number of carbonyl (C=O) groups is 1. The van der Waals surface area contributed by atoms with Gasteiger partial charge in [0.25, 0.3) is 5.56 Å². The SMILES string of the molecule is Cc1cc(=O)n2c(n1)SCC2CC(=O)Nc1cc(-n2ccnc2C)ncn1. The normalized spacial score (nSPS) is 15.6. The number of carbonyl (C=O) groups excluding carboxylic acids is 1. The van der Waals surface area contributed by atoms with Crippen molar-refractivity contribution in [3.63, 3.8) is 0 Å². The lowest BCUT2D eigenvalue weighted by Crippen LogP contribution is -2.27. The Morgan fingerprint density at radius 1 is 1.30 bits per heavy atom. The fraction of sp³-hybridized carbons (Fsp3) is 0.294. The Labute approximate surface area is 158 Å². The van der Waals surface area contributed by atoms with E-state index < -0.39 is 0 Å².